The summed E-state index contributed by atoms with van der Waals surface area (Å²) in [5.41, 5.74) is 1.87. The summed E-state index contributed by atoms with van der Waals surface area (Å²) < 4.78 is 10.6. The van der Waals surface area contributed by atoms with E-state index in [0.717, 1.165) is 12.8 Å². The van der Waals surface area contributed by atoms with E-state index in [1.54, 1.807) is 38.1 Å². The van der Waals surface area contributed by atoms with E-state index in [4.69, 9.17) is 9.47 Å². The van der Waals surface area contributed by atoms with Gasteiger partial charge in [-0.1, -0.05) is 30.3 Å². The lowest BCUT2D eigenvalue weighted by Gasteiger charge is -2.11. The van der Waals surface area contributed by atoms with Gasteiger partial charge < -0.3 is 19.8 Å². The molecule has 1 aliphatic heterocycles. The number of aromatic amines is 1. The molecular weight excluding hydrogens is 360 g/mol. The van der Waals surface area contributed by atoms with Crippen LogP contribution in [0.25, 0.3) is 11.1 Å². The number of ketones is 1. The van der Waals surface area contributed by atoms with Crippen LogP contribution in [0.4, 0.5) is 0 Å². The molecule has 1 aliphatic rings. The first kappa shape index (κ1) is 19.8. The Balaban J connectivity index is 1.93. The molecule has 1 amide bonds. The van der Waals surface area contributed by atoms with Crippen molar-refractivity contribution >= 4 is 17.7 Å². The number of amides is 1. The molecule has 148 valence electrons. The van der Waals surface area contributed by atoms with Crippen LogP contribution in [0.3, 0.4) is 0 Å². The van der Waals surface area contributed by atoms with E-state index in [2.05, 4.69) is 10.3 Å². The summed E-state index contributed by atoms with van der Waals surface area (Å²) in [6, 6.07) is 9.01. The molecule has 1 aromatic heterocycles. The van der Waals surface area contributed by atoms with Gasteiger partial charge in [0.2, 0.25) is 0 Å². The van der Waals surface area contributed by atoms with Crippen molar-refractivity contribution in [3.8, 4) is 11.1 Å². The number of H-pyrrole nitrogens is 1. The molecule has 3 rings (SSSR count). The van der Waals surface area contributed by atoms with Gasteiger partial charge >= 0.3 is 5.97 Å². The first-order valence-corrected chi connectivity index (χ1v) is 9.42. The maximum Gasteiger partial charge on any atom is 0.340 e. The van der Waals surface area contributed by atoms with Crippen molar-refractivity contribution in [3.05, 3.63) is 47.3 Å². The molecule has 1 fully saturated rings. The number of carbonyl (C=O) groups is 3. The van der Waals surface area contributed by atoms with Crippen LogP contribution in [-0.2, 0) is 14.3 Å². The minimum absolute atomic E-state index is 0.0641. The summed E-state index contributed by atoms with van der Waals surface area (Å²) in [4.78, 5) is 40.7. The third kappa shape index (κ3) is 4.14. The zero-order valence-electron chi connectivity index (χ0n) is 16.0. The van der Waals surface area contributed by atoms with Crippen LogP contribution in [0.5, 0.6) is 0 Å². The number of rotatable bonds is 7. The molecule has 1 saturated heterocycles. The Kier molecular flexibility index (Phi) is 6.26. The number of aryl methyl sites for hydroxylation is 1. The third-order valence-corrected chi connectivity index (χ3v) is 4.68. The predicted molar refractivity (Wildman–Crippen MR) is 103 cm³/mol. The van der Waals surface area contributed by atoms with Gasteiger partial charge in [0.15, 0.2) is 0 Å². The maximum absolute atomic E-state index is 12.9. The second-order valence-electron chi connectivity index (χ2n) is 6.64. The standard InChI is InChI=1S/C21H24N2O5/c1-3-27-21(26)16-13(2)23-18(17(16)14-8-5-4-6-9-14)19(24)20(25)22-12-15-10-7-11-28-15/h4-6,8-9,15,23H,3,7,10-12H2,1-2H3,(H,22,25). The number of aromatic nitrogens is 1. The molecule has 2 N–H and O–H groups in total. The van der Waals surface area contributed by atoms with Gasteiger partial charge in [0.05, 0.1) is 18.3 Å². The molecule has 0 bridgehead atoms. The minimum atomic E-state index is -0.732. The van der Waals surface area contributed by atoms with Crippen molar-refractivity contribution < 1.29 is 23.9 Å². The van der Waals surface area contributed by atoms with E-state index in [9.17, 15) is 14.4 Å². The molecule has 28 heavy (non-hydrogen) atoms. The zero-order chi connectivity index (χ0) is 20.1. The molecule has 1 aromatic carbocycles. The highest BCUT2D eigenvalue weighted by molar-refractivity contribution is 6.43. The van der Waals surface area contributed by atoms with Gasteiger partial charge in [-0.2, -0.15) is 0 Å². The molecule has 0 spiro atoms. The number of hydrogen-bond donors (Lipinski definition) is 2. The van der Waals surface area contributed by atoms with Crippen molar-refractivity contribution in [2.75, 3.05) is 19.8 Å². The van der Waals surface area contributed by atoms with Gasteiger partial charge in [0, 0.05) is 24.4 Å². The Morgan fingerprint density at radius 1 is 1.25 bits per heavy atom. The summed E-state index contributed by atoms with van der Waals surface area (Å²) in [7, 11) is 0. The summed E-state index contributed by atoms with van der Waals surface area (Å²) in [6.07, 6.45) is 1.75. The van der Waals surface area contributed by atoms with E-state index in [0.29, 0.717) is 23.4 Å². The highest BCUT2D eigenvalue weighted by atomic mass is 16.5. The second-order valence-corrected chi connectivity index (χ2v) is 6.64. The van der Waals surface area contributed by atoms with Crippen LogP contribution < -0.4 is 5.32 Å². The van der Waals surface area contributed by atoms with Gasteiger partial charge in [0.1, 0.15) is 5.69 Å². The number of ether oxygens (including phenoxy) is 2. The first-order chi connectivity index (χ1) is 13.5. The molecule has 7 heteroatoms. The third-order valence-electron chi connectivity index (χ3n) is 4.68. The Morgan fingerprint density at radius 3 is 2.64 bits per heavy atom. The maximum atomic E-state index is 12.9. The molecule has 0 aliphatic carbocycles. The topological polar surface area (TPSA) is 97.5 Å². The normalized spacial score (nSPS) is 16.0. The molecule has 0 saturated carbocycles. The van der Waals surface area contributed by atoms with Crippen molar-refractivity contribution in [1.29, 1.82) is 0 Å². The highest BCUT2D eigenvalue weighted by Crippen LogP contribution is 2.31. The second kappa shape index (κ2) is 8.84. The average Bonchev–Trinajstić information content (AvgIpc) is 3.34. The molecule has 2 heterocycles. The molecule has 7 nitrogen and oxygen atoms in total. The lowest BCUT2D eigenvalue weighted by molar-refractivity contribution is -0.117. The molecule has 0 radical (unpaired) electrons. The van der Waals surface area contributed by atoms with Crippen LogP contribution in [0.1, 0.15) is 46.3 Å². The van der Waals surface area contributed by atoms with Crippen molar-refractivity contribution in [2.24, 2.45) is 0 Å². The quantitative estimate of drug-likeness (QED) is 0.434. The Morgan fingerprint density at radius 2 is 2.00 bits per heavy atom. The summed E-state index contributed by atoms with van der Waals surface area (Å²) in [6.45, 7) is 4.57. The SMILES string of the molecule is CCOC(=O)c1c(C)[nH]c(C(=O)C(=O)NCC2CCCO2)c1-c1ccccc1. The monoisotopic (exact) mass is 384 g/mol. The first-order valence-electron chi connectivity index (χ1n) is 9.42. The van der Waals surface area contributed by atoms with E-state index in [1.165, 1.54) is 0 Å². The lowest BCUT2D eigenvalue weighted by Crippen LogP contribution is -2.36. The van der Waals surface area contributed by atoms with Crippen LogP contribution in [0.15, 0.2) is 30.3 Å². The molecule has 1 unspecified atom stereocenters. The van der Waals surface area contributed by atoms with E-state index >= 15 is 0 Å². The molecule has 1 atom stereocenters. The fraction of sp³-hybridized carbons (Fsp3) is 0.381. The van der Waals surface area contributed by atoms with Gasteiger partial charge in [0.25, 0.3) is 11.7 Å². The zero-order valence-corrected chi connectivity index (χ0v) is 16.0. The highest BCUT2D eigenvalue weighted by Gasteiger charge is 2.30. The predicted octanol–water partition coefficient (Wildman–Crippen LogP) is 2.64. The van der Waals surface area contributed by atoms with Crippen LogP contribution in [-0.4, -0.2) is 48.5 Å². The van der Waals surface area contributed by atoms with Gasteiger partial charge in [-0.25, -0.2) is 4.79 Å². The van der Waals surface area contributed by atoms with Gasteiger partial charge in [-0.05, 0) is 32.3 Å². The number of Topliss-reactive ketones (excluding diaryl/α,β-unsaturated/α-hetero) is 1. The van der Waals surface area contributed by atoms with Crippen molar-refractivity contribution in [2.45, 2.75) is 32.8 Å². The van der Waals surface area contributed by atoms with Crippen LogP contribution >= 0.6 is 0 Å². The van der Waals surface area contributed by atoms with E-state index < -0.39 is 17.7 Å². The number of hydrogen-bond acceptors (Lipinski definition) is 5. The fourth-order valence-corrected chi connectivity index (χ4v) is 3.35. The van der Waals surface area contributed by atoms with Crippen LogP contribution in [0, 0.1) is 6.92 Å². The van der Waals surface area contributed by atoms with Crippen molar-refractivity contribution in [3.63, 3.8) is 0 Å². The fourth-order valence-electron chi connectivity index (χ4n) is 3.35. The Labute approximate surface area is 163 Å². The summed E-state index contributed by atoms with van der Waals surface area (Å²) >= 11 is 0. The average molecular weight is 384 g/mol. The molecule has 2 aromatic rings. The van der Waals surface area contributed by atoms with E-state index in [1.807, 2.05) is 6.07 Å². The van der Waals surface area contributed by atoms with Gasteiger partial charge in [-0.15, -0.1) is 0 Å². The van der Waals surface area contributed by atoms with E-state index in [-0.39, 0.29) is 30.5 Å². The van der Waals surface area contributed by atoms with Gasteiger partial charge in [-0.3, -0.25) is 9.59 Å². The van der Waals surface area contributed by atoms with Crippen LogP contribution in [0.2, 0.25) is 0 Å². The largest absolute Gasteiger partial charge is 0.462 e. The number of carbonyl (C=O) groups excluding carboxylic acids is 3. The summed E-state index contributed by atoms with van der Waals surface area (Å²) in [5, 5.41) is 2.63. The lowest BCUT2D eigenvalue weighted by atomic mass is 9.98. The molecular formula is C21H24N2O5. The summed E-state index contributed by atoms with van der Waals surface area (Å²) in [5.74, 6) is -1.99. The number of benzene rings is 1. The Bertz CT molecular complexity index is 866. The minimum Gasteiger partial charge on any atom is -0.462 e. The van der Waals surface area contributed by atoms with Crippen molar-refractivity contribution in [1.82, 2.24) is 10.3 Å². The Hall–Kier alpha value is -2.93. The number of nitrogens with one attached hydrogen (secondary N) is 2. The smallest absolute Gasteiger partial charge is 0.340 e. The number of esters is 1.